The fraction of sp³-hybridized carbons (Fsp3) is 0.278. The van der Waals surface area contributed by atoms with Crippen molar-refractivity contribution in [3.8, 4) is 11.1 Å². The van der Waals surface area contributed by atoms with Gasteiger partial charge in [0.05, 0.1) is 21.9 Å². The van der Waals surface area contributed by atoms with Crippen molar-refractivity contribution in [2.75, 3.05) is 5.73 Å². The lowest BCUT2D eigenvalue weighted by Gasteiger charge is -2.17. The molecule has 0 saturated heterocycles. The SMILES string of the molecule is Nc1n[nH]c2ccc(-c3ccc(S(=O)(=O)N[C@@H]4CCC[C@@H]4O)cc3Cl)c(F)c12. The van der Waals surface area contributed by atoms with E-state index < -0.39 is 28.0 Å². The third kappa shape index (κ3) is 3.24. The number of benzene rings is 2. The molecule has 5 N–H and O–H groups in total. The lowest BCUT2D eigenvalue weighted by atomic mass is 10.0. The van der Waals surface area contributed by atoms with Crippen molar-refractivity contribution in [1.29, 1.82) is 0 Å². The Labute approximate surface area is 165 Å². The van der Waals surface area contributed by atoms with Crippen LogP contribution in [-0.2, 0) is 10.0 Å². The van der Waals surface area contributed by atoms with Crippen molar-refractivity contribution in [3.05, 3.63) is 41.2 Å². The van der Waals surface area contributed by atoms with Gasteiger partial charge in [0.1, 0.15) is 5.82 Å². The number of hydrogen-bond donors (Lipinski definition) is 4. The molecule has 1 aliphatic rings. The molecule has 0 radical (unpaired) electrons. The van der Waals surface area contributed by atoms with Gasteiger partial charge in [-0.2, -0.15) is 5.10 Å². The standard InChI is InChI=1S/C18H18ClFN4O3S/c19-12-8-9(28(26,27)24-13-2-1-3-15(13)25)4-5-10(12)11-6-7-14-16(17(11)20)18(21)23-22-14/h4-8,13,15,24-25H,1-3H2,(H3,21,22,23)/t13-,15+/m1/s1. The molecule has 0 aliphatic heterocycles. The van der Waals surface area contributed by atoms with Gasteiger partial charge in [0.25, 0.3) is 0 Å². The average molecular weight is 425 g/mol. The smallest absolute Gasteiger partial charge is 0.240 e. The van der Waals surface area contributed by atoms with Crippen LogP contribution in [-0.4, -0.2) is 35.9 Å². The molecule has 1 fully saturated rings. The van der Waals surface area contributed by atoms with Crippen molar-refractivity contribution in [3.63, 3.8) is 0 Å². The lowest BCUT2D eigenvalue weighted by molar-refractivity contribution is 0.159. The number of sulfonamides is 1. The number of nitrogens with one attached hydrogen (secondary N) is 2. The Morgan fingerprint density at radius 1 is 1.25 bits per heavy atom. The molecule has 0 spiro atoms. The number of aliphatic hydroxyl groups excluding tert-OH is 1. The molecule has 3 aromatic rings. The summed E-state index contributed by atoms with van der Waals surface area (Å²) in [5.41, 5.74) is 6.68. The largest absolute Gasteiger partial charge is 0.391 e. The van der Waals surface area contributed by atoms with Crippen LogP contribution in [0.15, 0.2) is 35.2 Å². The van der Waals surface area contributed by atoms with Crippen molar-refractivity contribution in [2.24, 2.45) is 0 Å². The Bertz CT molecular complexity index is 1170. The van der Waals surface area contributed by atoms with Crippen LogP contribution >= 0.6 is 11.6 Å². The van der Waals surface area contributed by atoms with Gasteiger partial charge in [-0.1, -0.05) is 17.7 Å². The molecular weight excluding hydrogens is 407 g/mol. The molecule has 1 saturated carbocycles. The average Bonchev–Trinajstić information content (AvgIpc) is 3.22. The molecule has 1 aromatic heterocycles. The highest BCUT2D eigenvalue weighted by molar-refractivity contribution is 7.89. The number of halogens is 2. The van der Waals surface area contributed by atoms with Crippen LogP contribution in [0.5, 0.6) is 0 Å². The Morgan fingerprint density at radius 2 is 2.00 bits per heavy atom. The molecule has 148 valence electrons. The first kappa shape index (κ1) is 19.1. The second kappa shape index (κ2) is 7.00. The molecule has 1 aliphatic carbocycles. The first-order chi connectivity index (χ1) is 13.3. The van der Waals surface area contributed by atoms with Gasteiger partial charge in [-0.3, -0.25) is 5.10 Å². The summed E-state index contributed by atoms with van der Waals surface area (Å²) in [6.07, 6.45) is 1.19. The number of rotatable bonds is 4. The summed E-state index contributed by atoms with van der Waals surface area (Å²) in [4.78, 5) is -0.0512. The highest BCUT2D eigenvalue weighted by Crippen LogP contribution is 2.35. The Kier molecular flexibility index (Phi) is 4.78. The summed E-state index contributed by atoms with van der Waals surface area (Å²) in [6, 6.07) is 6.70. The van der Waals surface area contributed by atoms with Gasteiger partial charge in [-0.25, -0.2) is 17.5 Å². The van der Waals surface area contributed by atoms with E-state index in [0.717, 1.165) is 6.42 Å². The van der Waals surface area contributed by atoms with Gasteiger partial charge >= 0.3 is 0 Å². The molecular formula is C18H18ClFN4O3S. The van der Waals surface area contributed by atoms with Gasteiger partial charge in [0.2, 0.25) is 10.0 Å². The number of aliphatic hydroxyl groups is 1. The number of H-pyrrole nitrogens is 1. The third-order valence-corrected chi connectivity index (χ3v) is 6.82. The number of nitrogens with zero attached hydrogens (tertiary/aromatic N) is 1. The van der Waals surface area contributed by atoms with E-state index in [2.05, 4.69) is 14.9 Å². The van der Waals surface area contributed by atoms with E-state index in [4.69, 9.17) is 17.3 Å². The number of fused-ring (bicyclic) bond motifs is 1. The van der Waals surface area contributed by atoms with Crippen LogP contribution in [0, 0.1) is 5.82 Å². The highest BCUT2D eigenvalue weighted by Gasteiger charge is 2.30. The molecule has 10 heteroatoms. The summed E-state index contributed by atoms with van der Waals surface area (Å²) in [7, 11) is -3.86. The molecule has 1 heterocycles. The van der Waals surface area contributed by atoms with Crippen LogP contribution in [0.4, 0.5) is 10.2 Å². The van der Waals surface area contributed by atoms with Crippen molar-refractivity contribution in [2.45, 2.75) is 36.3 Å². The highest BCUT2D eigenvalue weighted by atomic mass is 35.5. The zero-order valence-corrected chi connectivity index (χ0v) is 16.2. The predicted molar refractivity (Wildman–Crippen MR) is 105 cm³/mol. The van der Waals surface area contributed by atoms with Gasteiger partial charge in [-0.15, -0.1) is 0 Å². The molecule has 0 bridgehead atoms. The van der Waals surface area contributed by atoms with Crippen LogP contribution in [0.1, 0.15) is 19.3 Å². The summed E-state index contributed by atoms with van der Waals surface area (Å²) in [6.45, 7) is 0. The monoisotopic (exact) mass is 424 g/mol. The van der Waals surface area contributed by atoms with E-state index in [1.54, 1.807) is 6.07 Å². The van der Waals surface area contributed by atoms with E-state index in [1.807, 2.05) is 0 Å². The fourth-order valence-electron chi connectivity index (χ4n) is 3.53. The van der Waals surface area contributed by atoms with Crippen molar-refractivity contribution >= 4 is 38.3 Å². The van der Waals surface area contributed by atoms with Gasteiger partial charge in [0.15, 0.2) is 5.82 Å². The summed E-state index contributed by atoms with van der Waals surface area (Å²) in [5, 5.41) is 16.5. The van der Waals surface area contributed by atoms with E-state index in [9.17, 15) is 17.9 Å². The summed E-state index contributed by atoms with van der Waals surface area (Å²) in [5.74, 6) is -0.558. The minimum Gasteiger partial charge on any atom is -0.391 e. The molecule has 4 rings (SSSR count). The number of aromatic amines is 1. The van der Waals surface area contributed by atoms with E-state index >= 15 is 0 Å². The minimum atomic E-state index is -3.86. The number of nitrogen functional groups attached to an aromatic ring is 1. The Hall–Kier alpha value is -2.20. The maximum absolute atomic E-state index is 14.9. The maximum atomic E-state index is 14.9. The summed E-state index contributed by atoms with van der Waals surface area (Å²) < 4.78 is 42.6. The molecule has 2 aromatic carbocycles. The third-order valence-electron chi connectivity index (χ3n) is 5.02. The number of anilines is 1. The predicted octanol–water partition coefficient (Wildman–Crippen LogP) is 2.80. The van der Waals surface area contributed by atoms with E-state index in [-0.39, 0.29) is 26.7 Å². The van der Waals surface area contributed by atoms with Crippen molar-refractivity contribution in [1.82, 2.24) is 14.9 Å². The van der Waals surface area contributed by atoms with Crippen LogP contribution in [0.25, 0.3) is 22.0 Å². The number of nitrogens with two attached hydrogens (primary N) is 1. The van der Waals surface area contributed by atoms with Gasteiger partial charge < -0.3 is 10.8 Å². The second-order valence-electron chi connectivity index (χ2n) is 6.83. The minimum absolute atomic E-state index is 0.0315. The van der Waals surface area contributed by atoms with Crippen LogP contribution in [0.3, 0.4) is 0 Å². The van der Waals surface area contributed by atoms with E-state index in [1.165, 1.54) is 24.3 Å². The normalized spacial score (nSPS) is 20.1. The molecule has 0 amide bonds. The van der Waals surface area contributed by atoms with E-state index in [0.29, 0.717) is 23.9 Å². The molecule has 7 nitrogen and oxygen atoms in total. The molecule has 2 atom stereocenters. The zero-order valence-electron chi connectivity index (χ0n) is 14.6. The van der Waals surface area contributed by atoms with Crippen LogP contribution in [0.2, 0.25) is 5.02 Å². The Morgan fingerprint density at radius 3 is 2.68 bits per heavy atom. The van der Waals surface area contributed by atoms with Gasteiger partial charge in [0, 0.05) is 22.2 Å². The zero-order chi connectivity index (χ0) is 20.1. The second-order valence-corrected chi connectivity index (χ2v) is 8.95. The quantitative estimate of drug-likeness (QED) is 0.513. The van der Waals surface area contributed by atoms with Crippen molar-refractivity contribution < 1.29 is 17.9 Å². The lowest BCUT2D eigenvalue weighted by Crippen LogP contribution is -2.39. The maximum Gasteiger partial charge on any atom is 0.240 e. The molecule has 0 unspecified atom stereocenters. The number of hydrogen-bond acceptors (Lipinski definition) is 5. The molecule has 28 heavy (non-hydrogen) atoms. The van der Waals surface area contributed by atoms with Crippen LogP contribution < -0.4 is 10.5 Å². The first-order valence-electron chi connectivity index (χ1n) is 8.70. The van der Waals surface area contributed by atoms with Gasteiger partial charge in [-0.05, 0) is 43.5 Å². The summed E-state index contributed by atoms with van der Waals surface area (Å²) >= 11 is 6.29. The first-order valence-corrected chi connectivity index (χ1v) is 10.6. The topological polar surface area (TPSA) is 121 Å². The Balaban J connectivity index is 1.70. The number of aromatic nitrogens is 2. The fourth-order valence-corrected chi connectivity index (χ4v) is 5.21.